The number of esters is 1. The number of aliphatic carboxylic acids is 1. The Kier molecular flexibility index (Phi) is 5.93. The largest absolute Gasteiger partial charge is 0.481 e. The van der Waals surface area contributed by atoms with Crippen molar-refractivity contribution in [3.05, 3.63) is 0 Å². The summed E-state index contributed by atoms with van der Waals surface area (Å²) in [5.74, 6) is -1.07. The zero-order chi connectivity index (χ0) is 12.7. The molecule has 0 amide bonds. The van der Waals surface area contributed by atoms with Gasteiger partial charge >= 0.3 is 11.9 Å². The van der Waals surface area contributed by atoms with E-state index in [1.165, 1.54) is 6.92 Å². The summed E-state index contributed by atoms with van der Waals surface area (Å²) in [4.78, 5) is 23.1. The Labute approximate surface area is 100 Å². The van der Waals surface area contributed by atoms with Gasteiger partial charge in [-0.1, -0.05) is 0 Å². The van der Waals surface area contributed by atoms with Gasteiger partial charge in [-0.3, -0.25) is 14.5 Å². The van der Waals surface area contributed by atoms with Crippen LogP contribution in [0.1, 0.15) is 19.8 Å². The molecular weight excluding hydrogens is 226 g/mol. The summed E-state index contributed by atoms with van der Waals surface area (Å²) in [6.07, 6.45) is 0.830. The van der Waals surface area contributed by atoms with Gasteiger partial charge in [0.1, 0.15) is 0 Å². The van der Waals surface area contributed by atoms with Crippen LogP contribution in [0.2, 0.25) is 0 Å². The fourth-order valence-corrected chi connectivity index (χ4v) is 1.75. The van der Waals surface area contributed by atoms with E-state index in [0.717, 1.165) is 6.54 Å². The van der Waals surface area contributed by atoms with E-state index >= 15 is 0 Å². The van der Waals surface area contributed by atoms with E-state index < -0.39 is 5.97 Å². The maximum atomic E-state index is 10.6. The number of hydrogen-bond donors (Lipinski definition) is 1. The van der Waals surface area contributed by atoms with Crippen LogP contribution in [0.4, 0.5) is 0 Å². The van der Waals surface area contributed by atoms with E-state index in [9.17, 15) is 9.59 Å². The Balaban J connectivity index is 2.19. The highest BCUT2D eigenvalue weighted by Gasteiger charge is 2.20. The van der Waals surface area contributed by atoms with Gasteiger partial charge in [0, 0.05) is 33.0 Å². The molecular formula is C11H19NO5. The van der Waals surface area contributed by atoms with Crippen LogP contribution in [0.3, 0.4) is 0 Å². The smallest absolute Gasteiger partial charge is 0.304 e. The van der Waals surface area contributed by atoms with Crippen molar-refractivity contribution >= 4 is 11.9 Å². The summed E-state index contributed by atoms with van der Waals surface area (Å²) >= 11 is 0. The predicted molar refractivity (Wildman–Crippen MR) is 59.7 cm³/mol. The van der Waals surface area contributed by atoms with Crippen LogP contribution in [-0.2, 0) is 19.1 Å². The van der Waals surface area contributed by atoms with Crippen molar-refractivity contribution < 1.29 is 24.2 Å². The first-order chi connectivity index (χ1) is 8.08. The molecule has 0 saturated carbocycles. The van der Waals surface area contributed by atoms with E-state index in [2.05, 4.69) is 4.90 Å². The number of rotatable bonds is 6. The molecule has 0 spiro atoms. The predicted octanol–water partition coefficient (Wildman–Crippen LogP) is 0.115. The van der Waals surface area contributed by atoms with Crippen molar-refractivity contribution in [1.29, 1.82) is 0 Å². The number of carboxylic acid groups (broad SMARTS) is 1. The van der Waals surface area contributed by atoms with Crippen LogP contribution in [-0.4, -0.2) is 60.9 Å². The van der Waals surface area contributed by atoms with Crippen molar-refractivity contribution in [2.24, 2.45) is 0 Å². The van der Waals surface area contributed by atoms with Crippen molar-refractivity contribution in [3.8, 4) is 0 Å². The molecule has 6 heteroatoms. The second kappa shape index (κ2) is 7.24. The molecule has 1 heterocycles. The third-order valence-electron chi connectivity index (χ3n) is 2.61. The SMILES string of the molecule is CC(=O)OCCC1CN(CCC(=O)O)CCO1. The fourth-order valence-electron chi connectivity index (χ4n) is 1.75. The van der Waals surface area contributed by atoms with Crippen LogP contribution >= 0.6 is 0 Å². The quantitative estimate of drug-likeness (QED) is 0.670. The maximum Gasteiger partial charge on any atom is 0.304 e. The fraction of sp³-hybridized carbons (Fsp3) is 0.818. The molecule has 1 saturated heterocycles. The zero-order valence-corrected chi connectivity index (χ0v) is 10.1. The van der Waals surface area contributed by atoms with Crippen LogP contribution < -0.4 is 0 Å². The average molecular weight is 245 g/mol. The standard InChI is InChI=1S/C11H19NO5/c1-9(13)16-6-3-10-8-12(5-7-17-10)4-2-11(14)15/h10H,2-8H2,1H3,(H,14,15). The van der Waals surface area contributed by atoms with Gasteiger partial charge in [0.2, 0.25) is 0 Å². The lowest BCUT2D eigenvalue weighted by atomic mass is 10.2. The Bertz CT molecular complexity index is 269. The van der Waals surface area contributed by atoms with Crippen molar-refractivity contribution in [2.45, 2.75) is 25.9 Å². The molecule has 1 fully saturated rings. The minimum atomic E-state index is -0.784. The second-order valence-electron chi connectivity index (χ2n) is 4.07. The van der Waals surface area contributed by atoms with Gasteiger partial charge in [-0.2, -0.15) is 0 Å². The molecule has 6 nitrogen and oxygen atoms in total. The summed E-state index contributed by atoms with van der Waals surface area (Å²) in [5, 5.41) is 8.60. The third kappa shape index (κ3) is 6.23. The molecule has 1 rings (SSSR count). The van der Waals surface area contributed by atoms with Gasteiger partial charge in [-0.25, -0.2) is 0 Å². The molecule has 0 aromatic rings. The summed E-state index contributed by atoms with van der Waals surface area (Å²) in [5.41, 5.74) is 0. The van der Waals surface area contributed by atoms with Crippen LogP contribution in [0.25, 0.3) is 0 Å². The minimum Gasteiger partial charge on any atom is -0.481 e. The molecule has 0 aromatic heterocycles. The number of carboxylic acids is 1. The molecule has 17 heavy (non-hydrogen) atoms. The molecule has 1 unspecified atom stereocenters. The monoisotopic (exact) mass is 245 g/mol. The summed E-state index contributed by atoms with van der Waals surface area (Å²) < 4.78 is 10.4. The Hall–Kier alpha value is -1.14. The first-order valence-electron chi connectivity index (χ1n) is 5.77. The summed E-state index contributed by atoms with van der Waals surface area (Å²) in [6.45, 7) is 4.34. The topological polar surface area (TPSA) is 76.1 Å². The van der Waals surface area contributed by atoms with Crippen LogP contribution in [0.15, 0.2) is 0 Å². The number of carbonyl (C=O) groups is 2. The van der Waals surface area contributed by atoms with Gasteiger partial charge in [0.15, 0.2) is 0 Å². The molecule has 1 aliphatic rings. The Morgan fingerprint density at radius 3 is 2.94 bits per heavy atom. The summed E-state index contributed by atoms with van der Waals surface area (Å²) in [6, 6.07) is 0. The highest BCUT2D eigenvalue weighted by molar-refractivity contribution is 5.66. The number of morpholine rings is 1. The molecule has 0 aromatic carbocycles. The highest BCUT2D eigenvalue weighted by Crippen LogP contribution is 2.09. The van der Waals surface area contributed by atoms with Gasteiger partial charge < -0.3 is 14.6 Å². The minimum absolute atomic E-state index is 0.0249. The Morgan fingerprint density at radius 2 is 2.29 bits per heavy atom. The number of carbonyl (C=O) groups excluding carboxylic acids is 1. The lowest BCUT2D eigenvalue weighted by Gasteiger charge is -2.32. The molecule has 0 aliphatic carbocycles. The normalized spacial score (nSPS) is 21.1. The van der Waals surface area contributed by atoms with E-state index in [4.69, 9.17) is 14.6 Å². The first kappa shape index (κ1) is 13.9. The molecule has 1 N–H and O–H groups in total. The highest BCUT2D eigenvalue weighted by atomic mass is 16.5. The molecule has 1 aliphatic heterocycles. The zero-order valence-electron chi connectivity index (χ0n) is 10.1. The number of ether oxygens (including phenoxy) is 2. The lowest BCUT2D eigenvalue weighted by molar-refractivity contribution is -0.143. The van der Waals surface area contributed by atoms with Crippen LogP contribution in [0.5, 0.6) is 0 Å². The maximum absolute atomic E-state index is 10.6. The van der Waals surface area contributed by atoms with Crippen molar-refractivity contribution in [3.63, 3.8) is 0 Å². The molecule has 98 valence electrons. The van der Waals surface area contributed by atoms with Crippen molar-refractivity contribution in [2.75, 3.05) is 32.8 Å². The molecule has 1 atom stereocenters. The lowest BCUT2D eigenvalue weighted by Crippen LogP contribution is -2.43. The van der Waals surface area contributed by atoms with Gasteiger partial charge in [-0.15, -0.1) is 0 Å². The molecule has 0 radical (unpaired) electrons. The van der Waals surface area contributed by atoms with Gasteiger partial charge in [-0.05, 0) is 0 Å². The second-order valence-corrected chi connectivity index (χ2v) is 4.07. The number of nitrogens with zero attached hydrogens (tertiary/aromatic N) is 1. The van der Waals surface area contributed by atoms with E-state index in [1.54, 1.807) is 0 Å². The molecule has 0 bridgehead atoms. The van der Waals surface area contributed by atoms with Crippen molar-refractivity contribution in [1.82, 2.24) is 4.90 Å². The number of hydrogen-bond acceptors (Lipinski definition) is 5. The van der Waals surface area contributed by atoms with Crippen LogP contribution in [0, 0.1) is 0 Å². The van der Waals surface area contributed by atoms with Gasteiger partial charge in [0.05, 0.1) is 25.7 Å². The van der Waals surface area contributed by atoms with E-state index in [1.807, 2.05) is 0 Å². The third-order valence-corrected chi connectivity index (χ3v) is 2.61. The van der Waals surface area contributed by atoms with E-state index in [-0.39, 0.29) is 18.5 Å². The summed E-state index contributed by atoms with van der Waals surface area (Å²) in [7, 11) is 0. The van der Waals surface area contributed by atoms with Gasteiger partial charge in [0.25, 0.3) is 0 Å². The Morgan fingerprint density at radius 1 is 1.53 bits per heavy atom. The van der Waals surface area contributed by atoms with E-state index in [0.29, 0.717) is 32.7 Å². The average Bonchev–Trinajstić information content (AvgIpc) is 2.26. The first-order valence-corrected chi connectivity index (χ1v) is 5.77.